The second-order valence-corrected chi connectivity index (χ2v) is 3.80. The molecule has 0 radical (unpaired) electrons. The number of amides is 2. The Labute approximate surface area is 103 Å². The van der Waals surface area contributed by atoms with Crippen molar-refractivity contribution in [2.24, 2.45) is 0 Å². The van der Waals surface area contributed by atoms with Gasteiger partial charge in [-0.05, 0) is 11.6 Å². The molecule has 0 unspecified atom stereocenters. The molecule has 3 nitrogen and oxygen atoms in total. The number of alkyl halides is 1. The fourth-order valence-electron chi connectivity index (χ4n) is 1.08. The van der Waals surface area contributed by atoms with Crippen molar-refractivity contribution in [3.63, 3.8) is 0 Å². The highest BCUT2D eigenvalue weighted by atomic mass is 35.5. The summed E-state index contributed by atoms with van der Waals surface area (Å²) in [4.78, 5) is 11.1. The summed E-state index contributed by atoms with van der Waals surface area (Å²) in [6.07, 6.45) is 0. The second-order valence-electron chi connectivity index (χ2n) is 3.01. The average Bonchev–Trinajstić information content (AvgIpc) is 2.28. The minimum atomic E-state index is -0.592. The monoisotopic (exact) mass is 264 g/mol. The number of halogens is 3. The molecule has 0 aliphatic heterocycles. The molecule has 0 saturated carbocycles. The molecule has 0 atom stereocenters. The summed E-state index contributed by atoms with van der Waals surface area (Å²) in [5.41, 5.74) is 0.713. The van der Waals surface area contributed by atoms with E-state index in [1.54, 1.807) is 18.2 Å². The Morgan fingerprint density at radius 2 is 2.06 bits per heavy atom. The number of carbonyl (C=O) groups excluding carboxylic acids is 1. The van der Waals surface area contributed by atoms with Crippen molar-refractivity contribution >= 4 is 29.2 Å². The molecule has 0 aromatic heterocycles. The molecule has 0 heterocycles. The number of hydrogen-bond acceptors (Lipinski definition) is 1. The van der Waals surface area contributed by atoms with Gasteiger partial charge in [0, 0.05) is 13.1 Å². The Morgan fingerprint density at radius 1 is 1.31 bits per heavy atom. The van der Waals surface area contributed by atoms with E-state index in [-0.39, 0.29) is 13.1 Å². The van der Waals surface area contributed by atoms with Crippen LogP contribution < -0.4 is 10.6 Å². The Bertz CT molecular complexity index is 374. The molecule has 0 spiro atoms. The first-order chi connectivity index (χ1) is 7.65. The molecule has 0 saturated heterocycles. The number of hydrogen-bond donors (Lipinski definition) is 2. The zero-order valence-electron chi connectivity index (χ0n) is 8.40. The van der Waals surface area contributed by atoms with Crippen molar-refractivity contribution in [3.05, 3.63) is 33.8 Å². The van der Waals surface area contributed by atoms with Gasteiger partial charge in [0.05, 0.1) is 10.0 Å². The summed E-state index contributed by atoms with van der Waals surface area (Å²) in [6.45, 7) is -0.349. The van der Waals surface area contributed by atoms with Crippen LogP contribution in [0.3, 0.4) is 0 Å². The summed E-state index contributed by atoms with van der Waals surface area (Å²) >= 11 is 11.7. The Kier molecular flexibility index (Phi) is 5.35. The highest BCUT2D eigenvalue weighted by Gasteiger charge is 2.05. The van der Waals surface area contributed by atoms with Crippen LogP contribution in [0.4, 0.5) is 9.18 Å². The van der Waals surface area contributed by atoms with E-state index in [1.807, 2.05) is 0 Å². The Morgan fingerprint density at radius 3 is 2.75 bits per heavy atom. The van der Waals surface area contributed by atoms with Crippen molar-refractivity contribution < 1.29 is 9.18 Å². The fraction of sp³-hybridized carbons (Fsp3) is 0.300. The number of benzene rings is 1. The maximum atomic E-state index is 11.8. The lowest BCUT2D eigenvalue weighted by Gasteiger charge is -2.08. The van der Waals surface area contributed by atoms with Gasteiger partial charge in [-0.3, -0.25) is 0 Å². The van der Waals surface area contributed by atoms with Gasteiger partial charge in [-0.15, -0.1) is 0 Å². The average molecular weight is 265 g/mol. The normalized spacial score (nSPS) is 9.94. The van der Waals surface area contributed by atoms with Crippen molar-refractivity contribution in [1.82, 2.24) is 10.6 Å². The Balaban J connectivity index is 2.48. The van der Waals surface area contributed by atoms with Crippen LogP contribution in [0.25, 0.3) is 0 Å². The van der Waals surface area contributed by atoms with Gasteiger partial charge in [-0.25, -0.2) is 9.18 Å². The molecule has 0 fully saturated rings. The van der Waals surface area contributed by atoms with Gasteiger partial charge in [-0.1, -0.05) is 35.3 Å². The van der Waals surface area contributed by atoms with Gasteiger partial charge in [0.25, 0.3) is 0 Å². The topological polar surface area (TPSA) is 41.1 Å². The predicted molar refractivity (Wildman–Crippen MR) is 62.7 cm³/mol. The molecular weight excluding hydrogens is 254 g/mol. The first-order valence-corrected chi connectivity index (χ1v) is 5.41. The summed E-state index contributed by atoms with van der Waals surface area (Å²) in [6, 6.07) is 4.72. The van der Waals surface area contributed by atoms with E-state index in [4.69, 9.17) is 23.2 Å². The predicted octanol–water partition coefficient (Wildman–Crippen LogP) is 2.76. The molecule has 0 bridgehead atoms. The van der Waals surface area contributed by atoms with E-state index < -0.39 is 12.7 Å². The van der Waals surface area contributed by atoms with E-state index in [0.29, 0.717) is 15.6 Å². The molecule has 2 amide bonds. The third-order valence-electron chi connectivity index (χ3n) is 1.85. The molecule has 0 aliphatic carbocycles. The zero-order chi connectivity index (χ0) is 12.0. The highest BCUT2D eigenvalue weighted by Crippen LogP contribution is 2.25. The number of rotatable bonds is 4. The van der Waals surface area contributed by atoms with Gasteiger partial charge in [-0.2, -0.15) is 0 Å². The number of carbonyl (C=O) groups is 1. The van der Waals surface area contributed by atoms with Crippen molar-refractivity contribution in [2.45, 2.75) is 6.54 Å². The van der Waals surface area contributed by atoms with E-state index in [0.717, 1.165) is 0 Å². The van der Waals surface area contributed by atoms with Crippen LogP contribution >= 0.6 is 23.2 Å². The quantitative estimate of drug-likeness (QED) is 0.863. The molecular formula is C10H11Cl2FN2O. The molecule has 1 aromatic rings. The molecule has 1 rings (SSSR count). The highest BCUT2D eigenvalue weighted by molar-refractivity contribution is 6.42. The molecule has 0 aliphatic rings. The number of urea groups is 1. The summed E-state index contributed by atoms with van der Waals surface area (Å²) in [5, 5.41) is 5.72. The van der Waals surface area contributed by atoms with Crippen LogP contribution in [0, 0.1) is 0 Å². The van der Waals surface area contributed by atoms with Crippen LogP contribution in [-0.2, 0) is 6.54 Å². The summed E-state index contributed by atoms with van der Waals surface area (Å²) in [7, 11) is 0. The Hall–Kier alpha value is -1.000. The van der Waals surface area contributed by atoms with Gasteiger partial charge < -0.3 is 10.6 Å². The molecule has 88 valence electrons. The third-order valence-corrected chi connectivity index (χ3v) is 2.71. The van der Waals surface area contributed by atoms with Crippen LogP contribution in [0.15, 0.2) is 18.2 Å². The van der Waals surface area contributed by atoms with E-state index >= 15 is 0 Å². The lowest BCUT2D eigenvalue weighted by molar-refractivity contribution is 0.239. The SMILES string of the molecule is O=C(NCCF)NCc1cccc(Cl)c1Cl. The second kappa shape index (κ2) is 6.55. The van der Waals surface area contributed by atoms with Crippen LogP contribution in [0.1, 0.15) is 5.56 Å². The van der Waals surface area contributed by atoms with Gasteiger partial charge in [0.2, 0.25) is 0 Å². The zero-order valence-corrected chi connectivity index (χ0v) is 9.91. The van der Waals surface area contributed by atoms with E-state index in [9.17, 15) is 9.18 Å². The van der Waals surface area contributed by atoms with Crippen LogP contribution in [0.2, 0.25) is 10.0 Å². The van der Waals surface area contributed by atoms with E-state index in [1.165, 1.54) is 0 Å². The van der Waals surface area contributed by atoms with Crippen LogP contribution in [-0.4, -0.2) is 19.3 Å². The van der Waals surface area contributed by atoms with Crippen molar-refractivity contribution in [2.75, 3.05) is 13.2 Å². The van der Waals surface area contributed by atoms with E-state index in [2.05, 4.69) is 10.6 Å². The first kappa shape index (κ1) is 13.1. The van der Waals surface area contributed by atoms with Crippen LogP contribution in [0.5, 0.6) is 0 Å². The summed E-state index contributed by atoms with van der Waals surface area (Å²) in [5.74, 6) is 0. The third kappa shape index (κ3) is 3.87. The first-order valence-electron chi connectivity index (χ1n) is 4.65. The molecule has 2 N–H and O–H groups in total. The standard InChI is InChI=1S/C10H11Cl2FN2O/c11-8-3-1-2-7(9(8)12)6-15-10(16)14-5-4-13/h1-3H,4-6H2,(H2,14,15,16). The van der Waals surface area contributed by atoms with Gasteiger partial charge in [0.15, 0.2) is 0 Å². The molecule has 16 heavy (non-hydrogen) atoms. The largest absolute Gasteiger partial charge is 0.336 e. The minimum Gasteiger partial charge on any atom is -0.336 e. The maximum absolute atomic E-state index is 11.8. The lowest BCUT2D eigenvalue weighted by Crippen LogP contribution is -2.36. The molecule has 1 aromatic carbocycles. The lowest BCUT2D eigenvalue weighted by atomic mass is 10.2. The van der Waals surface area contributed by atoms with Gasteiger partial charge in [0.1, 0.15) is 6.67 Å². The van der Waals surface area contributed by atoms with Gasteiger partial charge >= 0.3 is 6.03 Å². The summed E-state index contributed by atoms with van der Waals surface area (Å²) < 4.78 is 11.8. The molecule has 6 heteroatoms. The maximum Gasteiger partial charge on any atom is 0.315 e. The fourth-order valence-corrected chi connectivity index (χ4v) is 1.47. The van der Waals surface area contributed by atoms with Crippen molar-refractivity contribution in [1.29, 1.82) is 0 Å². The smallest absolute Gasteiger partial charge is 0.315 e. The minimum absolute atomic E-state index is 0.00485. The van der Waals surface area contributed by atoms with Crippen molar-refractivity contribution in [3.8, 4) is 0 Å². The number of nitrogens with one attached hydrogen (secondary N) is 2.